The Bertz CT molecular complexity index is 644. The lowest BCUT2D eigenvalue weighted by atomic mass is 9.89. The fourth-order valence-corrected chi connectivity index (χ4v) is 4.63. The highest BCUT2D eigenvalue weighted by molar-refractivity contribution is 7.15. The van der Waals surface area contributed by atoms with Crippen molar-refractivity contribution in [3.8, 4) is 10.6 Å². The van der Waals surface area contributed by atoms with Crippen LogP contribution < -0.4 is 5.32 Å². The summed E-state index contributed by atoms with van der Waals surface area (Å²) in [6.45, 7) is 10.2. The minimum Gasteiger partial charge on any atom is -0.316 e. The number of thiazole rings is 1. The zero-order valence-electron chi connectivity index (χ0n) is 14.6. The molecule has 2 unspecified atom stereocenters. The van der Waals surface area contributed by atoms with Gasteiger partial charge in [0.25, 0.3) is 0 Å². The van der Waals surface area contributed by atoms with E-state index in [4.69, 9.17) is 4.98 Å². The van der Waals surface area contributed by atoms with Crippen molar-refractivity contribution in [3.63, 3.8) is 0 Å². The normalized spacial score (nSPS) is 22.7. The number of aryl methyl sites for hydroxylation is 1. The summed E-state index contributed by atoms with van der Waals surface area (Å²) in [7, 11) is 2.25. The summed E-state index contributed by atoms with van der Waals surface area (Å²) in [4.78, 5) is 8.69. The van der Waals surface area contributed by atoms with E-state index in [1.54, 1.807) is 0 Å². The molecule has 0 amide bonds. The highest BCUT2D eigenvalue weighted by atomic mass is 32.1. The molecule has 124 valence electrons. The van der Waals surface area contributed by atoms with Crippen LogP contribution in [0.1, 0.15) is 36.9 Å². The first kappa shape index (κ1) is 16.6. The Morgan fingerprint density at radius 1 is 1.35 bits per heavy atom. The van der Waals surface area contributed by atoms with Gasteiger partial charge in [-0.05, 0) is 39.3 Å². The van der Waals surface area contributed by atoms with Gasteiger partial charge in [0.2, 0.25) is 0 Å². The van der Waals surface area contributed by atoms with Gasteiger partial charge in [0, 0.05) is 29.6 Å². The third kappa shape index (κ3) is 3.65. The molecule has 0 bridgehead atoms. The van der Waals surface area contributed by atoms with Crippen molar-refractivity contribution in [2.24, 2.45) is 5.41 Å². The van der Waals surface area contributed by atoms with Gasteiger partial charge in [-0.2, -0.15) is 0 Å². The minimum atomic E-state index is 0.393. The quantitative estimate of drug-likeness (QED) is 0.895. The van der Waals surface area contributed by atoms with E-state index < -0.39 is 0 Å². The fourth-order valence-electron chi connectivity index (χ4n) is 3.44. The number of hydrogen-bond acceptors (Lipinski definition) is 4. The third-order valence-corrected chi connectivity index (χ3v) is 6.36. The maximum absolute atomic E-state index is 4.81. The molecule has 2 atom stereocenters. The maximum Gasteiger partial charge on any atom is 0.123 e. The number of benzene rings is 1. The van der Waals surface area contributed by atoms with Crippen LogP contribution >= 0.6 is 11.3 Å². The Kier molecular flexibility index (Phi) is 4.85. The predicted octanol–water partition coefficient (Wildman–Crippen LogP) is 4.11. The van der Waals surface area contributed by atoms with Crippen LogP contribution in [0.4, 0.5) is 0 Å². The van der Waals surface area contributed by atoms with E-state index in [9.17, 15) is 0 Å². The summed E-state index contributed by atoms with van der Waals surface area (Å²) < 4.78 is 0. The number of nitrogens with one attached hydrogen (secondary N) is 1. The van der Waals surface area contributed by atoms with Crippen molar-refractivity contribution in [1.82, 2.24) is 15.2 Å². The van der Waals surface area contributed by atoms with E-state index in [1.165, 1.54) is 22.6 Å². The van der Waals surface area contributed by atoms with Gasteiger partial charge >= 0.3 is 0 Å². The van der Waals surface area contributed by atoms with Gasteiger partial charge in [-0.3, -0.25) is 4.90 Å². The smallest absolute Gasteiger partial charge is 0.123 e. The molecule has 3 rings (SSSR count). The molecule has 0 saturated carbocycles. The lowest BCUT2D eigenvalue weighted by Gasteiger charge is -2.33. The number of hydrogen-bond donors (Lipinski definition) is 1. The Morgan fingerprint density at radius 2 is 2.09 bits per heavy atom. The van der Waals surface area contributed by atoms with Crippen LogP contribution in [0.2, 0.25) is 0 Å². The van der Waals surface area contributed by atoms with Crippen molar-refractivity contribution in [2.45, 2.75) is 33.2 Å². The second kappa shape index (κ2) is 6.71. The molecule has 2 heterocycles. The van der Waals surface area contributed by atoms with Crippen LogP contribution in [0.3, 0.4) is 0 Å². The fraction of sp³-hybridized carbons (Fsp3) is 0.526. The largest absolute Gasteiger partial charge is 0.316 e. The Labute approximate surface area is 143 Å². The maximum atomic E-state index is 4.81. The molecule has 23 heavy (non-hydrogen) atoms. The lowest BCUT2D eigenvalue weighted by Crippen LogP contribution is -2.36. The molecule has 0 radical (unpaired) electrons. The lowest BCUT2D eigenvalue weighted by molar-refractivity contribution is 0.170. The molecule has 1 aromatic carbocycles. The molecule has 4 heteroatoms. The van der Waals surface area contributed by atoms with E-state index in [-0.39, 0.29) is 0 Å². The van der Waals surface area contributed by atoms with E-state index >= 15 is 0 Å². The van der Waals surface area contributed by atoms with Gasteiger partial charge < -0.3 is 5.32 Å². The summed E-state index contributed by atoms with van der Waals surface area (Å²) >= 11 is 1.84. The van der Waals surface area contributed by atoms with Crippen molar-refractivity contribution < 1.29 is 0 Å². The highest BCUT2D eigenvalue weighted by Crippen LogP contribution is 2.35. The Hall–Kier alpha value is -1.23. The van der Waals surface area contributed by atoms with Gasteiger partial charge in [0.1, 0.15) is 5.01 Å². The summed E-state index contributed by atoms with van der Waals surface area (Å²) in [5, 5.41) is 4.63. The second-order valence-corrected chi connectivity index (χ2v) is 8.19. The van der Waals surface area contributed by atoms with Crippen LogP contribution in [0.15, 0.2) is 30.3 Å². The van der Waals surface area contributed by atoms with Crippen molar-refractivity contribution in [1.29, 1.82) is 0 Å². The van der Waals surface area contributed by atoms with Crippen LogP contribution in [0.25, 0.3) is 10.6 Å². The average molecular weight is 330 g/mol. The standard InChI is InChI=1S/C19H27N3S/c1-14-17(23-18(21-14)16-8-6-5-7-9-16)15(2)22(4)13-19(3)10-11-20-12-19/h5-9,15,20H,10-13H2,1-4H3. The number of nitrogens with zero attached hydrogens (tertiary/aromatic N) is 2. The topological polar surface area (TPSA) is 28.2 Å². The first-order valence-electron chi connectivity index (χ1n) is 8.42. The summed E-state index contributed by atoms with van der Waals surface area (Å²) in [5.41, 5.74) is 2.78. The highest BCUT2D eigenvalue weighted by Gasteiger charge is 2.31. The first-order valence-corrected chi connectivity index (χ1v) is 9.24. The Morgan fingerprint density at radius 3 is 2.74 bits per heavy atom. The van der Waals surface area contributed by atoms with E-state index in [0.717, 1.165) is 24.6 Å². The third-order valence-electron chi connectivity index (χ3n) is 4.98. The van der Waals surface area contributed by atoms with E-state index in [0.29, 0.717) is 11.5 Å². The Balaban J connectivity index is 1.77. The molecular formula is C19H27N3S. The van der Waals surface area contributed by atoms with Crippen molar-refractivity contribution in [2.75, 3.05) is 26.7 Å². The summed E-state index contributed by atoms with van der Waals surface area (Å²) in [6.07, 6.45) is 1.26. The van der Waals surface area contributed by atoms with Crippen LogP contribution in [-0.4, -0.2) is 36.6 Å². The molecule has 3 nitrogen and oxygen atoms in total. The molecule has 1 aliphatic heterocycles. The molecule has 0 spiro atoms. The first-order chi connectivity index (χ1) is 11.0. The monoisotopic (exact) mass is 329 g/mol. The molecule has 0 aliphatic carbocycles. The number of rotatable bonds is 5. The van der Waals surface area contributed by atoms with Crippen LogP contribution in [-0.2, 0) is 0 Å². The van der Waals surface area contributed by atoms with Gasteiger partial charge in [0.15, 0.2) is 0 Å². The van der Waals surface area contributed by atoms with Gasteiger partial charge in [-0.25, -0.2) is 4.98 Å². The molecule has 1 N–H and O–H groups in total. The van der Waals surface area contributed by atoms with Gasteiger partial charge in [-0.15, -0.1) is 11.3 Å². The SMILES string of the molecule is Cc1nc(-c2ccccc2)sc1C(C)N(C)CC1(C)CCNC1. The van der Waals surface area contributed by atoms with Crippen LogP contribution in [0, 0.1) is 12.3 Å². The summed E-state index contributed by atoms with van der Waals surface area (Å²) in [5.74, 6) is 0. The van der Waals surface area contributed by atoms with Crippen LogP contribution in [0.5, 0.6) is 0 Å². The van der Waals surface area contributed by atoms with Crippen molar-refractivity contribution >= 4 is 11.3 Å². The molecule has 1 aliphatic rings. The molecule has 2 aromatic rings. The zero-order chi connectivity index (χ0) is 16.4. The van der Waals surface area contributed by atoms with Gasteiger partial charge in [0.05, 0.1) is 5.69 Å². The van der Waals surface area contributed by atoms with E-state index in [1.807, 2.05) is 11.3 Å². The summed E-state index contributed by atoms with van der Waals surface area (Å²) in [6, 6.07) is 10.9. The zero-order valence-corrected chi connectivity index (χ0v) is 15.4. The van der Waals surface area contributed by atoms with Gasteiger partial charge in [-0.1, -0.05) is 37.3 Å². The number of aromatic nitrogens is 1. The molecular weight excluding hydrogens is 302 g/mol. The average Bonchev–Trinajstić information content (AvgIpc) is 3.13. The molecule has 1 aromatic heterocycles. The molecule has 1 fully saturated rings. The van der Waals surface area contributed by atoms with Crippen molar-refractivity contribution in [3.05, 3.63) is 40.9 Å². The molecule has 1 saturated heterocycles. The minimum absolute atomic E-state index is 0.393. The second-order valence-electron chi connectivity index (χ2n) is 7.16. The van der Waals surface area contributed by atoms with E-state index in [2.05, 4.69) is 68.4 Å². The predicted molar refractivity (Wildman–Crippen MR) is 98.9 cm³/mol.